The summed E-state index contributed by atoms with van der Waals surface area (Å²) >= 11 is 6.57. The third-order valence-electron chi connectivity index (χ3n) is 12.1. The number of sulfone groups is 1. The minimum atomic E-state index is -5.26. The Balaban J connectivity index is 1.48. The minimum absolute atomic E-state index is 0.103. The van der Waals surface area contributed by atoms with Crippen LogP contribution in [-0.4, -0.2) is 105 Å². The minimum Gasteiger partial charge on any atom is -0.481 e. The van der Waals surface area contributed by atoms with E-state index >= 15 is 8.78 Å². The van der Waals surface area contributed by atoms with E-state index < -0.39 is 190 Å². The van der Waals surface area contributed by atoms with Crippen molar-refractivity contribution in [3.05, 3.63) is 93.0 Å². The standard InChI is InChI=1S/C45H38ClF10N7O11S2/c1-42(2,75(3,70)71)10-9-23-5-6-25(26-7-8-29(46)35-37(26)62(19-43(49,50)51)60-40(35)63(76(4,72)73)41(69)74-24(15-32(65)66)16-33(67)68)36(57-23)30(13-20-11-21(47)14-22(48)12-20)58-31(64)18-61-39-34(38(59-61)45(54,55)56)27-17-28(27)44(39,52)53/h5-8,11-12,14,24,27-28,30H,13,15-19H2,1-4H3,(H,58,64)(H,65,66)(H,67,68)/t27-,28+,30-/m0/s1. The molecule has 0 spiro atoms. The number of carboxylic acids is 2. The van der Waals surface area contributed by atoms with Gasteiger partial charge >= 0.3 is 30.4 Å². The van der Waals surface area contributed by atoms with Gasteiger partial charge in [-0.05, 0) is 74.4 Å². The van der Waals surface area contributed by atoms with Gasteiger partial charge in [0.2, 0.25) is 15.9 Å². The molecule has 76 heavy (non-hydrogen) atoms. The average molecular weight is 1140 g/mol. The number of fused-ring (bicyclic) bond motifs is 4. The summed E-state index contributed by atoms with van der Waals surface area (Å²) in [7, 11) is -9.10. The zero-order chi connectivity index (χ0) is 56.6. The lowest BCUT2D eigenvalue weighted by molar-refractivity contribution is -0.143. The third-order valence-corrected chi connectivity index (χ3v) is 15.3. The summed E-state index contributed by atoms with van der Waals surface area (Å²) in [5.41, 5.74) is -6.68. The van der Waals surface area contributed by atoms with Crippen LogP contribution in [0, 0.1) is 29.4 Å². The molecule has 2 aliphatic carbocycles. The Hall–Kier alpha value is -7.00. The second kappa shape index (κ2) is 19.9. The molecule has 5 aromatic rings. The summed E-state index contributed by atoms with van der Waals surface area (Å²) in [6.45, 7) is -1.09. The number of nitrogens with one attached hydrogen (secondary N) is 1. The summed E-state index contributed by atoms with van der Waals surface area (Å²) in [6, 6.07) is 4.14. The third kappa shape index (κ3) is 11.8. The molecule has 7 rings (SSSR count). The SMILES string of the molecule is CC(C)(C#Cc1ccc(-c2ccc(Cl)c3c(N(C(=O)OC(CC(=O)O)CC(=O)O)S(C)(=O)=O)nn(CC(F)(F)F)c23)c([C@H](Cc2cc(F)cc(F)c2)NC(=O)Cn2nc(C(F)(F)F)c3c2C(F)(F)[C@@H]2C[C@H]32)n1)S(C)(=O)=O. The highest BCUT2D eigenvalue weighted by Gasteiger charge is 2.68. The van der Waals surface area contributed by atoms with Crippen LogP contribution in [0.4, 0.5) is 54.5 Å². The number of pyridine rings is 1. The molecule has 18 nitrogen and oxygen atoms in total. The van der Waals surface area contributed by atoms with Gasteiger partial charge in [-0.15, -0.1) is 0 Å². The lowest BCUT2D eigenvalue weighted by atomic mass is 9.93. The number of carbonyl (C=O) groups is 4. The first-order chi connectivity index (χ1) is 34.9. The molecule has 3 atom stereocenters. The van der Waals surface area contributed by atoms with Crippen LogP contribution in [0.25, 0.3) is 22.0 Å². The number of carbonyl (C=O) groups excluding carboxylic acids is 2. The van der Waals surface area contributed by atoms with E-state index in [1.165, 1.54) is 13.8 Å². The van der Waals surface area contributed by atoms with Gasteiger partial charge in [-0.25, -0.2) is 35.4 Å². The van der Waals surface area contributed by atoms with Gasteiger partial charge in [-0.2, -0.15) is 49.6 Å². The maximum Gasteiger partial charge on any atom is 0.435 e. The summed E-state index contributed by atoms with van der Waals surface area (Å²) in [5, 5.41) is 26.7. The lowest BCUT2D eigenvalue weighted by Gasteiger charge is -2.23. The highest BCUT2D eigenvalue weighted by atomic mass is 35.5. The van der Waals surface area contributed by atoms with Crippen LogP contribution in [0.15, 0.2) is 42.5 Å². The van der Waals surface area contributed by atoms with Crippen LogP contribution < -0.4 is 9.62 Å². The van der Waals surface area contributed by atoms with Crippen molar-refractivity contribution < 1.29 is 94.9 Å². The number of anilines is 1. The largest absolute Gasteiger partial charge is 0.481 e. The van der Waals surface area contributed by atoms with E-state index in [4.69, 9.17) is 16.3 Å². The Kier molecular flexibility index (Phi) is 14.8. The van der Waals surface area contributed by atoms with E-state index in [2.05, 4.69) is 32.3 Å². The van der Waals surface area contributed by atoms with E-state index in [-0.39, 0.29) is 31.3 Å². The Labute approximate surface area is 427 Å². The van der Waals surface area contributed by atoms with Crippen molar-refractivity contribution in [3.8, 4) is 23.0 Å². The first kappa shape index (κ1) is 56.7. The molecule has 2 amide bonds. The molecule has 2 aromatic carbocycles. The number of carboxylic acid groups (broad SMARTS) is 2. The molecule has 1 fully saturated rings. The number of aromatic nitrogens is 5. The number of benzene rings is 2. The van der Waals surface area contributed by atoms with Crippen molar-refractivity contribution >= 4 is 72.1 Å². The monoisotopic (exact) mass is 1140 g/mol. The molecule has 3 N–H and O–H groups in total. The van der Waals surface area contributed by atoms with Crippen molar-refractivity contribution in [1.29, 1.82) is 0 Å². The van der Waals surface area contributed by atoms with Gasteiger partial charge in [0.25, 0.3) is 5.92 Å². The first-order valence-corrected chi connectivity index (χ1v) is 25.9. The van der Waals surface area contributed by atoms with Gasteiger partial charge in [-0.1, -0.05) is 23.6 Å². The number of aliphatic carboxylic acids is 2. The zero-order valence-electron chi connectivity index (χ0n) is 39.3. The van der Waals surface area contributed by atoms with E-state index in [1.54, 1.807) is 0 Å². The quantitative estimate of drug-likeness (QED) is 0.0639. The summed E-state index contributed by atoms with van der Waals surface area (Å²) in [4.78, 5) is 55.4. The van der Waals surface area contributed by atoms with Gasteiger partial charge in [0.1, 0.15) is 47.0 Å². The van der Waals surface area contributed by atoms with Crippen LogP contribution in [0.3, 0.4) is 0 Å². The Morgan fingerprint density at radius 1 is 0.921 bits per heavy atom. The van der Waals surface area contributed by atoms with E-state index in [0.29, 0.717) is 12.3 Å². The summed E-state index contributed by atoms with van der Waals surface area (Å²) in [6.07, 6.45) is -17.0. The fraction of sp³-hybridized carbons (Fsp3) is 0.400. The smallest absolute Gasteiger partial charge is 0.435 e. The van der Waals surface area contributed by atoms with Crippen LogP contribution >= 0.6 is 11.6 Å². The number of amides is 2. The van der Waals surface area contributed by atoms with E-state index in [9.17, 15) is 81.4 Å². The fourth-order valence-corrected chi connectivity index (χ4v) is 9.74. The molecule has 408 valence electrons. The molecule has 31 heteroatoms. The van der Waals surface area contributed by atoms with Gasteiger partial charge in [0.15, 0.2) is 21.3 Å². The number of hydrogen-bond acceptors (Lipinski definition) is 12. The van der Waals surface area contributed by atoms with Crippen molar-refractivity contribution in [2.75, 3.05) is 16.8 Å². The Morgan fingerprint density at radius 2 is 1.53 bits per heavy atom. The summed E-state index contributed by atoms with van der Waals surface area (Å²) in [5.74, 6) is -10.1. The number of rotatable bonds is 16. The van der Waals surface area contributed by atoms with E-state index in [1.807, 2.05) is 0 Å². The van der Waals surface area contributed by atoms with Crippen molar-refractivity contribution in [1.82, 2.24) is 29.9 Å². The number of sulfonamides is 1. The molecule has 3 aromatic heterocycles. The number of alkyl halides is 8. The molecule has 2 aliphatic rings. The van der Waals surface area contributed by atoms with Crippen molar-refractivity contribution in [2.45, 2.75) is 93.7 Å². The number of hydrogen-bond donors (Lipinski definition) is 3. The number of halogens is 11. The number of nitrogens with zero attached hydrogens (tertiary/aromatic N) is 6. The lowest BCUT2D eigenvalue weighted by Crippen LogP contribution is -2.40. The second-order valence-corrected chi connectivity index (χ2v) is 23.0. The van der Waals surface area contributed by atoms with Crippen molar-refractivity contribution in [2.24, 2.45) is 5.92 Å². The van der Waals surface area contributed by atoms with Gasteiger partial charge < -0.3 is 20.3 Å². The summed E-state index contributed by atoms with van der Waals surface area (Å²) < 4.78 is 202. The molecule has 0 bridgehead atoms. The first-order valence-electron chi connectivity index (χ1n) is 21.8. The van der Waals surface area contributed by atoms with E-state index in [0.717, 1.165) is 42.7 Å². The Morgan fingerprint density at radius 3 is 2.08 bits per heavy atom. The molecular weight excluding hydrogens is 1100 g/mol. The molecule has 0 saturated heterocycles. The maximum atomic E-state index is 15.6. The molecular formula is C45H38ClF10N7O11S2. The zero-order valence-corrected chi connectivity index (χ0v) is 41.7. The van der Waals surface area contributed by atoms with Gasteiger partial charge in [0.05, 0.1) is 46.8 Å². The van der Waals surface area contributed by atoms with Gasteiger partial charge in [-0.3, -0.25) is 23.7 Å². The predicted molar refractivity (Wildman–Crippen MR) is 245 cm³/mol. The fourth-order valence-electron chi connectivity index (χ4n) is 8.51. The number of ether oxygens (including phenoxy) is 1. The highest BCUT2D eigenvalue weighted by Crippen LogP contribution is 2.68. The predicted octanol–water partition coefficient (Wildman–Crippen LogP) is 7.51. The highest BCUT2D eigenvalue weighted by molar-refractivity contribution is 7.93. The molecule has 0 radical (unpaired) electrons. The van der Waals surface area contributed by atoms with Crippen LogP contribution in [-0.2, 0) is 70.6 Å². The molecule has 0 aliphatic heterocycles. The normalized spacial score (nSPS) is 16.6. The van der Waals surface area contributed by atoms with Crippen LogP contribution in [0.2, 0.25) is 5.02 Å². The maximum absolute atomic E-state index is 15.6. The second-order valence-electron chi connectivity index (χ2n) is 18.2. The van der Waals surface area contributed by atoms with Crippen molar-refractivity contribution in [3.63, 3.8) is 0 Å². The van der Waals surface area contributed by atoms with Crippen LogP contribution in [0.5, 0.6) is 0 Å². The Bertz CT molecular complexity index is 3500. The topological polar surface area (TPSA) is 250 Å². The molecule has 1 saturated carbocycles. The average Bonchev–Trinajstić information content (AvgIpc) is 3.76. The molecule has 0 unspecified atom stereocenters. The molecule has 3 heterocycles. The van der Waals surface area contributed by atoms with Crippen LogP contribution in [0.1, 0.15) is 79.0 Å². The van der Waals surface area contributed by atoms with Gasteiger partial charge in [0, 0.05) is 34.9 Å².